The van der Waals surface area contributed by atoms with Crippen molar-refractivity contribution in [3.05, 3.63) is 47.3 Å². The minimum Gasteiger partial charge on any atom is -0.313 e. The number of nitrogens with one attached hydrogen (secondary N) is 1. The van der Waals surface area contributed by atoms with E-state index in [1.165, 1.54) is 0 Å². The lowest BCUT2D eigenvalue weighted by molar-refractivity contribution is 0.586. The summed E-state index contributed by atoms with van der Waals surface area (Å²) in [6.45, 7) is 3.66. The molecule has 0 spiro atoms. The van der Waals surface area contributed by atoms with Crippen LogP contribution in [-0.2, 0) is 6.42 Å². The molecule has 1 nitrogen and oxygen atoms in total. The molecule has 1 atom stereocenters. The molecular weight excluding hydrogens is 201 g/mol. The molecule has 0 saturated carbocycles. The van der Waals surface area contributed by atoms with Gasteiger partial charge >= 0.3 is 0 Å². The van der Waals surface area contributed by atoms with Crippen LogP contribution in [0.2, 0.25) is 5.02 Å². The molecule has 0 fully saturated rings. The Balaban J connectivity index is 2.85. The van der Waals surface area contributed by atoms with Crippen LogP contribution in [0.4, 0.5) is 4.39 Å². The normalized spacial score (nSPS) is 12.5. The Morgan fingerprint density at radius 1 is 1.64 bits per heavy atom. The molecule has 1 unspecified atom stereocenters. The van der Waals surface area contributed by atoms with Gasteiger partial charge in [-0.2, -0.15) is 0 Å². The van der Waals surface area contributed by atoms with Gasteiger partial charge in [0, 0.05) is 6.04 Å². The first kappa shape index (κ1) is 11.2. The maximum atomic E-state index is 13.4. The van der Waals surface area contributed by atoms with Crippen molar-refractivity contribution in [1.29, 1.82) is 0 Å². The first-order valence-corrected chi connectivity index (χ1v) is 4.79. The highest BCUT2D eigenvalue weighted by atomic mass is 35.5. The summed E-state index contributed by atoms with van der Waals surface area (Å²) in [6, 6.07) is 5.09. The molecule has 0 aliphatic heterocycles. The van der Waals surface area contributed by atoms with E-state index in [2.05, 4.69) is 11.9 Å². The van der Waals surface area contributed by atoms with Crippen LogP contribution >= 0.6 is 11.6 Å². The van der Waals surface area contributed by atoms with E-state index in [1.807, 2.05) is 7.05 Å². The molecule has 0 radical (unpaired) electrons. The quantitative estimate of drug-likeness (QED) is 0.759. The fraction of sp³-hybridized carbons (Fsp3) is 0.273. The number of likely N-dealkylation sites (N-methyl/N-ethyl adjacent to an activating group) is 1. The van der Waals surface area contributed by atoms with E-state index in [4.69, 9.17) is 11.6 Å². The minimum absolute atomic E-state index is 0.0722. The first-order chi connectivity index (χ1) is 6.69. The monoisotopic (exact) mass is 213 g/mol. The van der Waals surface area contributed by atoms with Crippen molar-refractivity contribution < 1.29 is 4.39 Å². The summed E-state index contributed by atoms with van der Waals surface area (Å²) in [7, 11) is 1.81. The van der Waals surface area contributed by atoms with Gasteiger partial charge in [-0.3, -0.25) is 0 Å². The Hall–Kier alpha value is -0.860. The second-order valence-electron chi connectivity index (χ2n) is 3.05. The van der Waals surface area contributed by atoms with Crippen LogP contribution in [-0.4, -0.2) is 13.1 Å². The molecule has 1 aromatic rings. The van der Waals surface area contributed by atoms with Crippen molar-refractivity contribution in [3.8, 4) is 0 Å². The first-order valence-electron chi connectivity index (χ1n) is 4.41. The summed E-state index contributed by atoms with van der Waals surface area (Å²) < 4.78 is 13.4. The highest BCUT2D eigenvalue weighted by Crippen LogP contribution is 2.19. The lowest BCUT2D eigenvalue weighted by Gasteiger charge is -2.11. The van der Waals surface area contributed by atoms with E-state index in [9.17, 15) is 4.39 Å². The van der Waals surface area contributed by atoms with E-state index in [0.717, 1.165) is 0 Å². The maximum absolute atomic E-state index is 13.4. The van der Waals surface area contributed by atoms with Gasteiger partial charge in [0.25, 0.3) is 0 Å². The molecule has 0 saturated heterocycles. The smallest absolute Gasteiger partial charge is 0.145 e. The van der Waals surface area contributed by atoms with Crippen LogP contribution in [0.3, 0.4) is 0 Å². The van der Waals surface area contributed by atoms with E-state index >= 15 is 0 Å². The van der Waals surface area contributed by atoms with E-state index < -0.39 is 0 Å². The van der Waals surface area contributed by atoms with Gasteiger partial charge in [0.15, 0.2) is 0 Å². The van der Waals surface area contributed by atoms with E-state index in [1.54, 1.807) is 24.3 Å². The Morgan fingerprint density at radius 2 is 2.36 bits per heavy atom. The molecule has 0 aliphatic rings. The zero-order valence-corrected chi connectivity index (χ0v) is 8.81. The molecule has 0 bridgehead atoms. The molecular formula is C11H13ClFN. The molecule has 14 heavy (non-hydrogen) atoms. The van der Waals surface area contributed by atoms with E-state index in [-0.39, 0.29) is 16.9 Å². The van der Waals surface area contributed by atoms with E-state index in [0.29, 0.717) is 12.0 Å². The van der Waals surface area contributed by atoms with Crippen LogP contribution in [0.25, 0.3) is 0 Å². The Kier molecular flexibility index (Phi) is 4.11. The van der Waals surface area contributed by atoms with Gasteiger partial charge < -0.3 is 5.32 Å². The summed E-state index contributed by atoms with van der Waals surface area (Å²) in [5.41, 5.74) is 0.608. The highest BCUT2D eigenvalue weighted by Gasteiger charge is 2.09. The fourth-order valence-electron chi connectivity index (χ4n) is 1.25. The van der Waals surface area contributed by atoms with Gasteiger partial charge in [-0.05, 0) is 25.1 Å². The van der Waals surface area contributed by atoms with Crippen molar-refractivity contribution in [2.75, 3.05) is 7.05 Å². The standard InChI is InChI=1S/C11H13ClFN/c1-3-9(14-2)7-8-5-4-6-10(12)11(8)13/h3-6,9,14H,1,7H2,2H3. The molecule has 3 heteroatoms. The maximum Gasteiger partial charge on any atom is 0.145 e. The zero-order chi connectivity index (χ0) is 10.6. The molecule has 0 heterocycles. The van der Waals surface area contributed by atoms with Gasteiger partial charge in [-0.15, -0.1) is 6.58 Å². The van der Waals surface area contributed by atoms with Crippen LogP contribution in [0.5, 0.6) is 0 Å². The molecule has 0 aromatic heterocycles. The lowest BCUT2D eigenvalue weighted by atomic mass is 10.1. The van der Waals surface area contributed by atoms with Gasteiger partial charge in [0.1, 0.15) is 5.82 Å². The van der Waals surface area contributed by atoms with Gasteiger partial charge in [0.05, 0.1) is 5.02 Å². The predicted octanol–water partition coefficient (Wildman–Crippen LogP) is 2.80. The molecule has 1 rings (SSSR count). The fourth-order valence-corrected chi connectivity index (χ4v) is 1.44. The molecule has 0 amide bonds. The number of benzene rings is 1. The van der Waals surface area contributed by atoms with Crippen molar-refractivity contribution in [3.63, 3.8) is 0 Å². The third-order valence-corrected chi connectivity index (χ3v) is 2.42. The van der Waals surface area contributed by atoms with Gasteiger partial charge in [-0.1, -0.05) is 29.8 Å². The predicted molar refractivity (Wildman–Crippen MR) is 58.2 cm³/mol. The average Bonchev–Trinajstić information content (AvgIpc) is 2.20. The number of hydrogen-bond donors (Lipinski definition) is 1. The summed E-state index contributed by atoms with van der Waals surface area (Å²) in [4.78, 5) is 0. The molecule has 1 N–H and O–H groups in total. The van der Waals surface area contributed by atoms with Crippen molar-refractivity contribution in [2.45, 2.75) is 12.5 Å². The summed E-state index contributed by atoms with van der Waals surface area (Å²) in [5, 5.41) is 3.19. The minimum atomic E-state index is -0.337. The topological polar surface area (TPSA) is 12.0 Å². The van der Waals surface area contributed by atoms with Crippen LogP contribution in [0, 0.1) is 5.82 Å². The molecule has 1 aromatic carbocycles. The van der Waals surface area contributed by atoms with Crippen molar-refractivity contribution in [1.82, 2.24) is 5.32 Å². The van der Waals surface area contributed by atoms with Crippen LogP contribution < -0.4 is 5.32 Å². The SMILES string of the molecule is C=CC(Cc1cccc(Cl)c1F)NC. The lowest BCUT2D eigenvalue weighted by Crippen LogP contribution is -2.25. The second-order valence-corrected chi connectivity index (χ2v) is 3.46. The van der Waals surface area contributed by atoms with Gasteiger partial charge in [0.2, 0.25) is 0 Å². The number of rotatable bonds is 4. The summed E-state index contributed by atoms with van der Waals surface area (Å²) in [6.07, 6.45) is 2.31. The largest absolute Gasteiger partial charge is 0.313 e. The van der Waals surface area contributed by atoms with Crippen LogP contribution in [0.15, 0.2) is 30.9 Å². The second kappa shape index (κ2) is 5.13. The number of hydrogen-bond acceptors (Lipinski definition) is 1. The Labute approximate surface area is 88.6 Å². The van der Waals surface area contributed by atoms with Crippen molar-refractivity contribution in [2.24, 2.45) is 0 Å². The zero-order valence-electron chi connectivity index (χ0n) is 8.06. The molecule has 0 aliphatic carbocycles. The average molecular weight is 214 g/mol. The Bertz CT molecular complexity index is 325. The summed E-state index contributed by atoms with van der Waals surface area (Å²) in [5.74, 6) is -0.337. The Morgan fingerprint density at radius 3 is 2.93 bits per heavy atom. The third-order valence-electron chi connectivity index (χ3n) is 2.13. The van der Waals surface area contributed by atoms with Crippen LogP contribution in [0.1, 0.15) is 5.56 Å². The highest BCUT2D eigenvalue weighted by molar-refractivity contribution is 6.30. The summed E-state index contributed by atoms with van der Waals surface area (Å²) >= 11 is 5.66. The van der Waals surface area contributed by atoms with Gasteiger partial charge in [-0.25, -0.2) is 4.39 Å². The third kappa shape index (κ3) is 2.56. The number of halogens is 2. The molecule has 76 valence electrons. The van der Waals surface area contributed by atoms with Crippen molar-refractivity contribution >= 4 is 11.6 Å².